The van der Waals surface area contributed by atoms with Crippen LogP contribution in [0.15, 0.2) is 30.3 Å². The molecule has 180 valence electrons. The zero-order valence-corrected chi connectivity index (χ0v) is 19.7. The topological polar surface area (TPSA) is 73.4 Å². The molecule has 3 unspecified atom stereocenters. The Morgan fingerprint density at radius 1 is 1.21 bits per heavy atom. The number of aliphatic hydroxyl groups excluding tert-OH is 1. The molecule has 1 amide bonds. The van der Waals surface area contributed by atoms with E-state index in [1.807, 2.05) is 0 Å². The summed E-state index contributed by atoms with van der Waals surface area (Å²) in [7, 11) is 3.17. The van der Waals surface area contributed by atoms with Crippen LogP contribution in [0.1, 0.15) is 53.6 Å². The second kappa shape index (κ2) is 11.7. The first-order chi connectivity index (χ1) is 15.9. The van der Waals surface area contributed by atoms with Gasteiger partial charge in [-0.1, -0.05) is 25.1 Å². The summed E-state index contributed by atoms with van der Waals surface area (Å²) in [4.78, 5) is 12.6. The number of hydrogen-bond acceptors (Lipinski definition) is 4. The summed E-state index contributed by atoms with van der Waals surface area (Å²) in [5, 5.41) is 19.9. The van der Waals surface area contributed by atoms with Crippen molar-refractivity contribution in [3.63, 3.8) is 0 Å². The van der Waals surface area contributed by atoms with Crippen LogP contribution in [0, 0.1) is 17.6 Å². The summed E-state index contributed by atoms with van der Waals surface area (Å²) in [5.74, 6) is -2.56. The van der Waals surface area contributed by atoms with E-state index in [0.717, 1.165) is 31.7 Å². The van der Waals surface area contributed by atoms with Crippen LogP contribution in [0.5, 0.6) is 0 Å². The van der Waals surface area contributed by atoms with Gasteiger partial charge in [0.1, 0.15) is 11.6 Å². The van der Waals surface area contributed by atoms with E-state index in [0.29, 0.717) is 11.1 Å². The molecule has 5 nitrogen and oxygen atoms in total. The standard InChI is InChI=1S/C26H35F2N3O2/c1-4-16-8-9-17-6-5-7-24(20(17)10-16)31-15-25(32)21(26(33)30-3)12-18-11-19(27)13-23(28)22(18)14-29-2/h8-11,13,21,24-25,29,31-32H,4-7,12,14-15H2,1-3H3,(H,30,33). The quantitative estimate of drug-likeness (QED) is 0.440. The van der Waals surface area contributed by atoms with E-state index in [4.69, 9.17) is 0 Å². The van der Waals surface area contributed by atoms with Gasteiger partial charge in [-0.25, -0.2) is 8.78 Å². The second-order valence-electron chi connectivity index (χ2n) is 8.79. The molecule has 1 aliphatic carbocycles. The van der Waals surface area contributed by atoms with Gasteiger partial charge in [0.05, 0.1) is 12.0 Å². The Balaban J connectivity index is 1.77. The number of hydrogen-bond donors (Lipinski definition) is 4. The van der Waals surface area contributed by atoms with Crippen LogP contribution in [-0.2, 0) is 30.6 Å². The van der Waals surface area contributed by atoms with E-state index in [2.05, 4.69) is 41.1 Å². The monoisotopic (exact) mass is 459 g/mol. The van der Waals surface area contributed by atoms with Gasteiger partial charge in [-0.2, -0.15) is 0 Å². The maximum Gasteiger partial charge on any atom is 0.225 e. The third-order valence-electron chi connectivity index (χ3n) is 6.60. The second-order valence-corrected chi connectivity index (χ2v) is 8.79. The molecule has 0 bridgehead atoms. The van der Waals surface area contributed by atoms with Crippen LogP contribution >= 0.6 is 0 Å². The van der Waals surface area contributed by atoms with Crippen molar-refractivity contribution in [1.82, 2.24) is 16.0 Å². The number of amides is 1. The number of fused-ring (bicyclic) bond motifs is 1. The van der Waals surface area contributed by atoms with E-state index in [9.17, 15) is 18.7 Å². The molecule has 0 fully saturated rings. The fraction of sp³-hybridized carbons (Fsp3) is 0.500. The minimum Gasteiger partial charge on any atom is -0.391 e. The molecule has 4 N–H and O–H groups in total. The number of nitrogens with one attached hydrogen (secondary N) is 3. The van der Waals surface area contributed by atoms with Gasteiger partial charge in [-0.3, -0.25) is 4.79 Å². The molecule has 0 heterocycles. The highest BCUT2D eigenvalue weighted by Crippen LogP contribution is 2.31. The Morgan fingerprint density at radius 2 is 2.00 bits per heavy atom. The number of benzene rings is 2. The molecule has 0 aliphatic heterocycles. The third-order valence-corrected chi connectivity index (χ3v) is 6.60. The lowest BCUT2D eigenvalue weighted by molar-refractivity contribution is -0.128. The average molecular weight is 460 g/mol. The highest BCUT2D eigenvalue weighted by molar-refractivity contribution is 5.79. The fourth-order valence-electron chi connectivity index (χ4n) is 4.73. The number of aliphatic hydroxyl groups is 1. The van der Waals surface area contributed by atoms with Crippen LogP contribution in [0.2, 0.25) is 0 Å². The van der Waals surface area contributed by atoms with Crippen molar-refractivity contribution < 1.29 is 18.7 Å². The molecule has 2 aromatic carbocycles. The summed E-state index contributed by atoms with van der Waals surface area (Å²) in [6.07, 6.45) is 3.04. The lowest BCUT2D eigenvalue weighted by atomic mass is 9.85. The Hall–Kier alpha value is -2.35. The highest BCUT2D eigenvalue weighted by Gasteiger charge is 2.29. The van der Waals surface area contributed by atoms with E-state index >= 15 is 0 Å². The van der Waals surface area contributed by atoms with E-state index < -0.39 is 23.7 Å². The van der Waals surface area contributed by atoms with Crippen molar-refractivity contribution >= 4 is 5.91 Å². The molecule has 3 rings (SSSR count). The van der Waals surface area contributed by atoms with E-state index in [-0.39, 0.29) is 31.5 Å². The van der Waals surface area contributed by atoms with Gasteiger partial charge >= 0.3 is 0 Å². The lowest BCUT2D eigenvalue weighted by Crippen LogP contribution is -2.43. The minimum absolute atomic E-state index is 0.0372. The van der Waals surface area contributed by atoms with Gasteiger partial charge in [0.15, 0.2) is 0 Å². The van der Waals surface area contributed by atoms with Crippen LogP contribution in [0.25, 0.3) is 0 Å². The molecular formula is C26H35F2N3O2. The highest BCUT2D eigenvalue weighted by atomic mass is 19.1. The van der Waals surface area contributed by atoms with Crippen molar-refractivity contribution in [1.29, 1.82) is 0 Å². The molecule has 2 aromatic rings. The summed E-state index contributed by atoms with van der Waals surface area (Å²) < 4.78 is 28.3. The van der Waals surface area contributed by atoms with Crippen molar-refractivity contribution in [2.45, 2.75) is 57.7 Å². The number of halogens is 2. The van der Waals surface area contributed by atoms with Crippen LogP contribution in [0.3, 0.4) is 0 Å². The van der Waals surface area contributed by atoms with Gasteiger partial charge in [-0.05, 0) is 67.5 Å². The van der Waals surface area contributed by atoms with Crippen molar-refractivity contribution in [2.75, 3.05) is 20.6 Å². The SMILES string of the molecule is CCc1ccc2c(c1)C(NCC(O)C(Cc1cc(F)cc(F)c1CNC)C(=O)NC)CCC2. The summed E-state index contributed by atoms with van der Waals surface area (Å²) in [6.45, 7) is 2.54. The molecule has 0 saturated heterocycles. The largest absolute Gasteiger partial charge is 0.391 e. The Labute approximate surface area is 195 Å². The number of carbonyl (C=O) groups excluding carboxylic acids is 1. The zero-order chi connectivity index (χ0) is 24.0. The molecule has 33 heavy (non-hydrogen) atoms. The molecule has 0 radical (unpaired) electrons. The first-order valence-electron chi connectivity index (χ1n) is 11.7. The van der Waals surface area contributed by atoms with Crippen molar-refractivity contribution in [2.24, 2.45) is 5.92 Å². The smallest absolute Gasteiger partial charge is 0.225 e. The van der Waals surface area contributed by atoms with Gasteiger partial charge in [-0.15, -0.1) is 0 Å². The summed E-state index contributed by atoms with van der Waals surface area (Å²) in [5.41, 5.74) is 4.54. The van der Waals surface area contributed by atoms with E-state index in [1.165, 1.54) is 29.8 Å². The maximum absolute atomic E-state index is 14.4. The fourth-order valence-corrected chi connectivity index (χ4v) is 4.73. The van der Waals surface area contributed by atoms with E-state index in [1.54, 1.807) is 7.05 Å². The minimum atomic E-state index is -1.02. The normalized spacial score (nSPS) is 17.3. The van der Waals surface area contributed by atoms with Crippen LogP contribution in [0.4, 0.5) is 8.78 Å². The predicted octanol–water partition coefficient (Wildman–Crippen LogP) is 3.18. The van der Waals surface area contributed by atoms with Crippen LogP contribution < -0.4 is 16.0 Å². The van der Waals surface area contributed by atoms with Gasteiger partial charge < -0.3 is 21.1 Å². The molecular weight excluding hydrogens is 424 g/mol. The Morgan fingerprint density at radius 3 is 2.70 bits per heavy atom. The lowest BCUT2D eigenvalue weighted by Gasteiger charge is -2.30. The third kappa shape index (κ3) is 6.16. The first kappa shape index (κ1) is 25.3. The van der Waals surface area contributed by atoms with Crippen LogP contribution in [-0.4, -0.2) is 37.8 Å². The molecule has 3 atom stereocenters. The number of aryl methyl sites for hydroxylation is 2. The Bertz CT molecular complexity index is 967. The predicted molar refractivity (Wildman–Crippen MR) is 126 cm³/mol. The van der Waals surface area contributed by atoms with Gasteiger partial charge in [0, 0.05) is 37.8 Å². The number of carbonyl (C=O) groups is 1. The summed E-state index contributed by atoms with van der Waals surface area (Å²) >= 11 is 0. The maximum atomic E-state index is 14.4. The molecule has 0 spiro atoms. The van der Waals surface area contributed by atoms with Gasteiger partial charge in [0.2, 0.25) is 5.91 Å². The Kier molecular flexibility index (Phi) is 8.95. The number of rotatable bonds is 10. The van der Waals surface area contributed by atoms with Crippen molar-refractivity contribution in [3.05, 3.63) is 69.8 Å². The summed E-state index contributed by atoms with van der Waals surface area (Å²) in [6, 6.07) is 8.77. The zero-order valence-electron chi connectivity index (χ0n) is 19.7. The average Bonchev–Trinajstić information content (AvgIpc) is 2.82. The van der Waals surface area contributed by atoms with Gasteiger partial charge in [0.25, 0.3) is 0 Å². The molecule has 0 saturated carbocycles. The molecule has 1 aliphatic rings. The molecule has 0 aromatic heterocycles. The first-order valence-corrected chi connectivity index (χ1v) is 11.7. The van der Waals surface area contributed by atoms with Crippen molar-refractivity contribution in [3.8, 4) is 0 Å². The molecule has 7 heteroatoms.